The number of piperazine rings is 1. The number of para-hydroxylation sites is 1. The zero-order chi connectivity index (χ0) is 18.2. The standard InChI is InChI=1S/C21H22N6/c1-14-5-6-19-18(12-25-26-19)17(14)11-15-3-2-4-16-20(15)23-13-24-21(16)27-9-7-22-8-10-27/h2-6,12-13,22H,7-11H2,1H3,(H,25,26). The second-order valence-corrected chi connectivity index (χ2v) is 7.12. The predicted molar refractivity (Wildman–Crippen MR) is 108 cm³/mol. The van der Waals surface area contributed by atoms with Gasteiger partial charge in [-0.2, -0.15) is 5.10 Å². The monoisotopic (exact) mass is 358 g/mol. The molecule has 2 N–H and O–H groups in total. The number of anilines is 1. The highest BCUT2D eigenvalue weighted by Gasteiger charge is 2.17. The van der Waals surface area contributed by atoms with Gasteiger partial charge in [-0.15, -0.1) is 0 Å². The normalized spacial score (nSPS) is 14.9. The SMILES string of the molecule is Cc1ccc2[nH]ncc2c1Cc1cccc2c(N3CCNCC3)ncnc12. The van der Waals surface area contributed by atoms with E-state index in [1.54, 1.807) is 6.33 Å². The van der Waals surface area contributed by atoms with E-state index in [9.17, 15) is 0 Å². The van der Waals surface area contributed by atoms with Crippen LogP contribution in [0.5, 0.6) is 0 Å². The number of fused-ring (bicyclic) bond motifs is 2. The van der Waals surface area contributed by atoms with E-state index in [1.165, 1.54) is 22.1 Å². The topological polar surface area (TPSA) is 69.7 Å². The van der Waals surface area contributed by atoms with Crippen molar-refractivity contribution in [3.8, 4) is 0 Å². The molecule has 2 aromatic carbocycles. The van der Waals surface area contributed by atoms with E-state index in [4.69, 9.17) is 0 Å². The van der Waals surface area contributed by atoms with Crippen LogP contribution in [0.3, 0.4) is 0 Å². The fourth-order valence-electron chi connectivity index (χ4n) is 4.02. The number of H-pyrrole nitrogens is 1. The lowest BCUT2D eigenvalue weighted by Crippen LogP contribution is -2.44. The molecule has 1 saturated heterocycles. The molecule has 6 nitrogen and oxygen atoms in total. The van der Waals surface area contributed by atoms with Gasteiger partial charge >= 0.3 is 0 Å². The van der Waals surface area contributed by atoms with Crippen LogP contribution in [0.4, 0.5) is 5.82 Å². The lowest BCUT2D eigenvalue weighted by molar-refractivity contribution is 0.586. The van der Waals surface area contributed by atoms with Gasteiger partial charge in [0.05, 0.1) is 17.2 Å². The van der Waals surface area contributed by atoms with Crippen molar-refractivity contribution in [3.05, 3.63) is 59.5 Å². The van der Waals surface area contributed by atoms with Crippen molar-refractivity contribution in [2.45, 2.75) is 13.3 Å². The second kappa shape index (κ2) is 6.63. The Bertz CT molecular complexity index is 1110. The third-order valence-corrected chi connectivity index (χ3v) is 5.48. The Hall–Kier alpha value is -2.99. The minimum absolute atomic E-state index is 0.831. The molecule has 1 aliphatic heterocycles. The molecule has 0 spiro atoms. The van der Waals surface area contributed by atoms with Crippen LogP contribution in [-0.4, -0.2) is 46.3 Å². The maximum absolute atomic E-state index is 4.65. The van der Waals surface area contributed by atoms with Crippen LogP contribution in [0, 0.1) is 6.92 Å². The van der Waals surface area contributed by atoms with E-state index in [2.05, 4.69) is 67.6 Å². The molecule has 136 valence electrons. The van der Waals surface area contributed by atoms with E-state index in [-0.39, 0.29) is 0 Å². The largest absolute Gasteiger partial charge is 0.353 e. The lowest BCUT2D eigenvalue weighted by Gasteiger charge is -2.29. The van der Waals surface area contributed by atoms with E-state index in [0.717, 1.165) is 54.8 Å². The van der Waals surface area contributed by atoms with Gasteiger partial charge in [-0.05, 0) is 35.7 Å². The third-order valence-electron chi connectivity index (χ3n) is 5.48. The summed E-state index contributed by atoms with van der Waals surface area (Å²) in [6, 6.07) is 10.7. The molecule has 2 aromatic heterocycles. The van der Waals surface area contributed by atoms with Crippen LogP contribution < -0.4 is 10.2 Å². The van der Waals surface area contributed by atoms with Crippen LogP contribution in [-0.2, 0) is 6.42 Å². The molecule has 0 aliphatic carbocycles. The summed E-state index contributed by atoms with van der Waals surface area (Å²) in [6.07, 6.45) is 4.45. The molecular formula is C21H22N6. The molecule has 3 heterocycles. The quantitative estimate of drug-likeness (QED) is 0.589. The molecule has 27 heavy (non-hydrogen) atoms. The van der Waals surface area contributed by atoms with Crippen LogP contribution in [0.25, 0.3) is 21.8 Å². The Kier molecular flexibility index (Phi) is 3.98. The first-order valence-corrected chi connectivity index (χ1v) is 9.41. The van der Waals surface area contributed by atoms with Gasteiger partial charge in [0.25, 0.3) is 0 Å². The van der Waals surface area contributed by atoms with Crippen LogP contribution >= 0.6 is 0 Å². The summed E-state index contributed by atoms with van der Waals surface area (Å²) in [6.45, 7) is 6.10. The Morgan fingerprint density at radius 3 is 2.81 bits per heavy atom. The molecule has 4 aromatic rings. The summed E-state index contributed by atoms with van der Waals surface area (Å²) in [5, 5.41) is 13.0. The van der Waals surface area contributed by atoms with E-state index in [1.807, 2.05) is 6.20 Å². The van der Waals surface area contributed by atoms with Crippen LogP contribution in [0.15, 0.2) is 42.9 Å². The number of benzene rings is 2. The number of aromatic amines is 1. The number of rotatable bonds is 3. The third kappa shape index (κ3) is 2.82. The Balaban J connectivity index is 1.61. The average molecular weight is 358 g/mol. The number of hydrogen-bond acceptors (Lipinski definition) is 5. The first kappa shape index (κ1) is 16.2. The molecule has 0 radical (unpaired) electrons. The van der Waals surface area contributed by atoms with Crippen molar-refractivity contribution >= 4 is 27.6 Å². The summed E-state index contributed by atoms with van der Waals surface area (Å²) in [5.41, 5.74) is 5.92. The Labute approximate surface area is 157 Å². The van der Waals surface area contributed by atoms with Crippen molar-refractivity contribution in [1.29, 1.82) is 0 Å². The van der Waals surface area contributed by atoms with Gasteiger partial charge in [0.1, 0.15) is 12.1 Å². The maximum Gasteiger partial charge on any atom is 0.139 e. The minimum Gasteiger partial charge on any atom is -0.353 e. The molecular weight excluding hydrogens is 336 g/mol. The van der Waals surface area contributed by atoms with Gasteiger partial charge in [-0.25, -0.2) is 9.97 Å². The number of aromatic nitrogens is 4. The van der Waals surface area contributed by atoms with Crippen molar-refractivity contribution in [2.24, 2.45) is 0 Å². The summed E-state index contributed by atoms with van der Waals surface area (Å²) >= 11 is 0. The van der Waals surface area contributed by atoms with Gasteiger partial charge in [0.2, 0.25) is 0 Å². The smallest absolute Gasteiger partial charge is 0.139 e. The molecule has 0 atom stereocenters. The molecule has 0 amide bonds. The van der Waals surface area contributed by atoms with Gasteiger partial charge in [-0.1, -0.05) is 18.2 Å². The second-order valence-electron chi connectivity index (χ2n) is 7.12. The fraction of sp³-hybridized carbons (Fsp3) is 0.286. The summed E-state index contributed by atoms with van der Waals surface area (Å²) < 4.78 is 0. The van der Waals surface area contributed by atoms with Crippen molar-refractivity contribution in [3.63, 3.8) is 0 Å². The first-order chi connectivity index (χ1) is 13.3. The van der Waals surface area contributed by atoms with E-state index >= 15 is 0 Å². The number of aryl methyl sites for hydroxylation is 1. The minimum atomic E-state index is 0.831. The van der Waals surface area contributed by atoms with Crippen LogP contribution in [0.1, 0.15) is 16.7 Å². The molecule has 1 aliphatic rings. The van der Waals surface area contributed by atoms with Gasteiger partial charge in [-0.3, -0.25) is 5.10 Å². The van der Waals surface area contributed by atoms with Crippen molar-refractivity contribution in [2.75, 3.05) is 31.1 Å². The maximum atomic E-state index is 4.65. The summed E-state index contributed by atoms with van der Waals surface area (Å²) in [4.78, 5) is 11.6. The number of nitrogens with one attached hydrogen (secondary N) is 2. The predicted octanol–water partition coefficient (Wildman–Crippen LogP) is 2.81. The number of hydrogen-bond donors (Lipinski definition) is 2. The van der Waals surface area contributed by atoms with Gasteiger partial charge < -0.3 is 10.2 Å². The number of nitrogens with zero attached hydrogens (tertiary/aromatic N) is 4. The zero-order valence-electron chi connectivity index (χ0n) is 15.4. The highest BCUT2D eigenvalue weighted by Crippen LogP contribution is 2.29. The highest BCUT2D eigenvalue weighted by atomic mass is 15.2. The van der Waals surface area contributed by atoms with Crippen molar-refractivity contribution < 1.29 is 0 Å². The fourth-order valence-corrected chi connectivity index (χ4v) is 4.02. The average Bonchev–Trinajstić information content (AvgIpc) is 3.19. The Morgan fingerprint density at radius 2 is 1.93 bits per heavy atom. The molecule has 5 rings (SSSR count). The highest BCUT2D eigenvalue weighted by molar-refractivity contribution is 5.92. The molecule has 1 fully saturated rings. The van der Waals surface area contributed by atoms with E-state index < -0.39 is 0 Å². The Morgan fingerprint density at radius 1 is 1.04 bits per heavy atom. The molecule has 0 unspecified atom stereocenters. The van der Waals surface area contributed by atoms with E-state index in [0.29, 0.717) is 0 Å². The lowest BCUT2D eigenvalue weighted by atomic mass is 9.96. The summed E-state index contributed by atoms with van der Waals surface area (Å²) in [7, 11) is 0. The molecule has 0 bridgehead atoms. The molecule has 0 saturated carbocycles. The molecule has 6 heteroatoms. The van der Waals surface area contributed by atoms with Crippen LogP contribution in [0.2, 0.25) is 0 Å². The van der Waals surface area contributed by atoms with Gasteiger partial charge in [0.15, 0.2) is 0 Å². The summed E-state index contributed by atoms with van der Waals surface area (Å²) in [5.74, 6) is 1.04. The van der Waals surface area contributed by atoms with Gasteiger partial charge in [0, 0.05) is 43.4 Å². The van der Waals surface area contributed by atoms with Crippen molar-refractivity contribution in [1.82, 2.24) is 25.5 Å². The first-order valence-electron chi connectivity index (χ1n) is 9.41. The zero-order valence-corrected chi connectivity index (χ0v) is 15.4.